The number of carbonyl (C=O) groups is 1. The number of nitrogens with one attached hydrogen (secondary N) is 4. The number of carbonyl (C=O) groups excluding carboxylic acids is 1. The van der Waals surface area contributed by atoms with Crippen molar-refractivity contribution in [3.63, 3.8) is 0 Å². The first kappa shape index (κ1) is 103. The van der Waals surface area contributed by atoms with Gasteiger partial charge < -0.3 is 65.1 Å². The lowest BCUT2D eigenvalue weighted by molar-refractivity contribution is -0.195. The molecule has 0 aliphatic carbocycles. The number of unbranched alkanes of at least 4 members (excludes halogenated alkanes) is 4. The van der Waals surface area contributed by atoms with Gasteiger partial charge in [-0.05, 0) is 156 Å². The fraction of sp³-hybridized carbons (Fsp3) is 0.263. The lowest BCUT2D eigenvalue weighted by Crippen LogP contribution is -2.06. The molecule has 8 aromatic rings. The van der Waals surface area contributed by atoms with Crippen LogP contribution in [0, 0.1) is 0 Å². The maximum Gasteiger partial charge on any atom is 0.216 e. The van der Waals surface area contributed by atoms with Gasteiger partial charge in [0.25, 0.3) is 0 Å². The number of rotatable bonds is 40. The zero-order valence-corrected chi connectivity index (χ0v) is 74.1. The molecule has 0 aliphatic rings. The number of halogens is 3. The highest BCUT2D eigenvalue weighted by Crippen LogP contribution is 2.45. The summed E-state index contributed by atoms with van der Waals surface area (Å²) >= 11 is 38.4. The quantitative estimate of drug-likeness (QED) is 0.00196. The lowest BCUT2D eigenvalue weighted by Gasteiger charge is -2.19. The molecule has 0 aliphatic heterocycles. The Bertz CT molecular complexity index is 3570. The van der Waals surface area contributed by atoms with Crippen LogP contribution in [-0.2, 0) is 59.1 Å². The second kappa shape index (κ2) is 64.6. The van der Waals surface area contributed by atoms with Crippen molar-refractivity contribution in [1.29, 1.82) is 0 Å². The zero-order chi connectivity index (χ0) is 82.7. The van der Waals surface area contributed by atoms with Crippen LogP contribution in [0.4, 0.5) is 22.7 Å². The van der Waals surface area contributed by atoms with E-state index in [-0.39, 0.29) is 9.44 Å². The number of nitrogens with two attached hydrogens (primary N) is 4. The Morgan fingerprint density at radius 2 is 0.661 bits per heavy atom. The van der Waals surface area contributed by atoms with Crippen molar-refractivity contribution in [3.05, 3.63) is 216 Å². The Kier molecular flexibility index (Phi) is 59.1. The molecule has 36 heteroatoms. The SMILES string of the molecule is CC=CC.CC=CC.CCCCNc1cc(C(=O)S)cc(SOON)c1Oc1ccccc1.CCCCNc1cc(C(=S)Cl)cc(SOON)c1Oc1ccccc1.CCCCNc1cc(C(=S)S)cc(SOON)c1Oc1ccccc1.CCCCNc1cc(C(=S)[S-])cc(SOON)c1Oc1ccccc1.O=S(Cl)Cl. The third kappa shape index (κ3) is 43.4. The van der Waals surface area contributed by atoms with E-state index in [1.807, 2.05) is 198 Å². The normalized spacial score (nSPS) is 10.4. The van der Waals surface area contributed by atoms with Crippen molar-refractivity contribution in [2.24, 2.45) is 23.6 Å². The maximum absolute atomic E-state index is 11.7. The molecule has 610 valence electrons. The zero-order valence-electron chi connectivity index (χ0n) is 62.7. The molecule has 112 heavy (non-hydrogen) atoms. The van der Waals surface area contributed by atoms with Gasteiger partial charge in [-0.1, -0.05) is 187 Å². The summed E-state index contributed by atoms with van der Waals surface area (Å²) in [5, 5.41) is 13.1. The van der Waals surface area contributed by atoms with Gasteiger partial charge >= 0.3 is 0 Å². The molecule has 0 bridgehead atoms. The number of thiol groups is 2. The fourth-order valence-electron chi connectivity index (χ4n) is 8.33. The Morgan fingerprint density at radius 3 is 0.884 bits per heavy atom. The Morgan fingerprint density at radius 1 is 0.429 bits per heavy atom. The van der Waals surface area contributed by atoms with Crippen molar-refractivity contribution in [2.75, 3.05) is 47.4 Å². The van der Waals surface area contributed by atoms with E-state index in [1.54, 1.807) is 24.3 Å². The molecule has 0 atom stereocenters. The summed E-state index contributed by atoms with van der Waals surface area (Å²) in [5.41, 5.74) is 5.61. The topological polar surface area (TPSA) is 297 Å². The molecule has 0 aromatic heterocycles. The van der Waals surface area contributed by atoms with Crippen molar-refractivity contribution in [2.45, 2.75) is 126 Å². The lowest BCUT2D eigenvalue weighted by atomic mass is 10.2. The van der Waals surface area contributed by atoms with Gasteiger partial charge in [-0.2, -0.15) is 23.6 Å². The van der Waals surface area contributed by atoms with E-state index >= 15 is 0 Å². The number of benzene rings is 8. The Hall–Kier alpha value is -5.56. The smallest absolute Gasteiger partial charge is 0.216 e. The minimum absolute atomic E-state index is 0.250. The molecule has 0 unspecified atom stereocenters. The van der Waals surface area contributed by atoms with Crippen LogP contribution in [0.2, 0.25) is 0 Å². The summed E-state index contributed by atoms with van der Waals surface area (Å²) in [7, 11) is 7.36. The summed E-state index contributed by atoms with van der Waals surface area (Å²) in [5.74, 6) is 24.9. The molecule has 8 aromatic carbocycles. The van der Waals surface area contributed by atoms with E-state index in [9.17, 15) is 4.79 Å². The van der Waals surface area contributed by atoms with Crippen molar-refractivity contribution < 1.29 is 65.2 Å². The van der Waals surface area contributed by atoms with Crippen molar-refractivity contribution >= 4 is 205 Å². The highest BCUT2D eigenvalue weighted by molar-refractivity contribution is 8.26. The Balaban J connectivity index is 0.000000482. The van der Waals surface area contributed by atoms with Gasteiger partial charge in [0.05, 0.1) is 94.7 Å². The van der Waals surface area contributed by atoms with E-state index in [0.29, 0.717) is 90.8 Å². The summed E-state index contributed by atoms with van der Waals surface area (Å²) in [6.07, 6.45) is 16.3. The standard InChI is InChI=1S/C17H19ClN2O3S2.C17H20N2O4S2.2C17H20N2O3S3.2C4H8.Cl2OS/c1-2-3-9-20-14-10-12(17(18)24)11-15(25-23-22-19)16(14)21-13-7-5-4-6-8-13;1-2-3-9-19-14-10-12(17(20)24)11-15(25-23-22-18)16(14)21-13-7-5-4-6-8-13;2*1-2-3-9-19-14-10-12(17(23)24)11-15(25-22-21-18)16(14)20-13-7-5-4-6-8-13;2*1-3-4-2;1-4(2)3/h4-8,10-11,20H,2-3,9,19H2,1H3;4-8,10-11,19H,2-3,9,18H2,1H3,(H,20,24);2*4-8,10-11,19H,2-3,9,18H2,1H3,(H,23,24);2*3-4H,1-2H3;/p-1. The number of anilines is 4. The monoisotopic (exact) mass is 1800 g/mol. The van der Waals surface area contributed by atoms with Crippen molar-refractivity contribution in [1.82, 2.24) is 0 Å². The molecule has 0 heterocycles. The van der Waals surface area contributed by atoms with Crippen LogP contribution in [0.5, 0.6) is 46.0 Å². The maximum atomic E-state index is 11.7. The molecule has 0 saturated carbocycles. The third-order valence-electron chi connectivity index (χ3n) is 13.7. The van der Waals surface area contributed by atoms with Gasteiger partial charge in [-0.15, -0.1) is 66.7 Å². The molecular weight excluding hydrogens is 1710 g/mol. The first-order valence-electron chi connectivity index (χ1n) is 34.3. The molecule has 12 N–H and O–H groups in total. The van der Waals surface area contributed by atoms with Crippen LogP contribution >= 0.6 is 143 Å². The Labute approximate surface area is 723 Å². The molecular formula is C76H94Cl3N8O14S11-. The summed E-state index contributed by atoms with van der Waals surface area (Å²) in [6.45, 7) is 19.6. The highest BCUT2D eigenvalue weighted by atomic mass is 36.0. The predicted molar refractivity (Wildman–Crippen MR) is 486 cm³/mol. The fourth-order valence-corrected chi connectivity index (χ4v) is 11.2. The summed E-state index contributed by atoms with van der Waals surface area (Å²) < 4.78 is 53.6. The van der Waals surface area contributed by atoms with E-state index in [1.165, 1.54) is 0 Å². The minimum Gasteiger partial charge on any atom is -0.454 e. The van der Waals surface area contributed by atoms with E-state index in [0.717, 1.165) is 154 Å². The molecule has 0 fully saturated rings. The van der Waals surface area contributed by atoms with Gasteiger partial charge in [-0.25, -0.2) is 4.21 Å². The van der Waals surface area contributed by atoms with Gasteiger partial charge in [0.15, 0.2) is 23.0 Å². The molecule has 0 amide bonds. The van der Waals surface area contributed by atoms with Gasteiger partial charge in [0.2, 0.25) is 14.3 Å². The number of hydrogen-bond donors (Lipinski definition) is 10. The van der Waals surface area contributed by atoms with Gasteiger partial charge in [0, 0.05) is 64.2 Å². The number of ether oxygens (including phenoxy) is 4. The third-order valence-corrected chi connectivity index (χ3v) is 17.9. The first-order chi connectivity index (χ1) is 54.2. The second-order valence-electron chi connectivity index (χ2n) is 21.9. The van der Waals surface area contributed by atoms with E-state index < -0.39 is 9.23 Å². The van der Waals surface area contributed by atoms with E-state index in [2.05, 4.69) is 116 Å². The average molecular weight is 1800 g/mol. The van der Waals surface area contributed by atoms with Crippen LogP contribution in [0.1, 0.15) is 134 Å². The highest BCUT2D eigenvalue weighted by Gasteiger charge is 2.22. The molecule has 22 nitrogen and oxygen atoms in total. The van der Waals surface area contributed by atoms with Crippen molar-refractivity contribution in [3.8, 4) is 46.0 Å². The number of allylic oxidation sites excluding steroid dienone is 4. The van der Waals surface area contributed by atoms with E-state index in [4.69, 9.17) is 125 Å². The summed E-state index contributed by atoms with van der Waals surface area (Å²) in [4.78, 5) is 31.0. The van der Waals surface area contributed by atoms with Crippen LogP contribution < -0.4 is 63.8 Å². The van der Waals surface area contributed by atoms with Gasteiger partial charge in [0.1, 0.15) is 27.3 Å². The summed E-state index contributed by atoms with van der Waals surface area (Å²) in [6, 6.07) is 52.1. The number of thiocarbonyl (C=S) groups is 3. The number of hydrogen-bond acceptors (Lipinski definition) is 30. The molecule has 0 spiro atoms. The van der Waals surface area contributed by atoms with Gasteiger partial charge in [-0.3, -0.25) is 4.79 Å². The molecule has 0 saturated heterocycles. The molecule has 0 radical (unpaired) electrons. The van der Waals surface area contributed by atoms with Crippen LogP contribution in [-0.4, -0.2) is 48.2 Å². The molecule has 8 rings (SSSR count). The predicted octanol–water partition coefficient (Wildman–Crippen LogP) is 24.1. The number of para-hydroxylation sites is 4. The largest absolute Gasteiger partial charge is 0.454 e. The second-order valence-corrected chi connectivity index (χ2v) is 31.0. The minimum atomic E-state index is -1.67. The first-order valence-corrected chi connectivity index (χ1v) is 43.0. The average Bonchev–Trinajstić information content (AvgIpc) is 0.832. The van der Waals surface area contributed by atoms with Crippen LogP contribution in [0.25, 0.3) is 0 Å². The van der Waals surface area contributed by atoms with Crippen LogP contribution in [0.15, 0.2) is 214 Å². The van der Waals surface area contributed by atoms with Crippen LogP contribution in [0.3, 0.4) is 0 Å².